The van der Waals surface area contributed by atoms with Gasteiger partial charge >= 0.3 is 0 Å². The lowest BCUT2D eigenvalue weighted by atomic mass is 10.6. The predicted molar refractivity (Wildman–Crippen MR) is 49.2 cm³/mol. The van der Waals surface area contributed by atoms with Crippen molar-refractivity contribution >= 4 is 38.1 Å². The third-order valence-electron chi connectivity index (χ3n) is 0.616. The van der Waals surface area contributed by atoms with Crippen LogP contribution in [0.5, 0.6) is 0 Å². The van der Waals surface area contributed by atoms with Gasteiger partial charge in [-0.25, -0.2) is 0 Å². The molecule has 0 aliphatic rings. The second-order valence-electron chi connectivity index (χ2n) is 1.23. The minimum atomic E-state index is 0.980. The molecule has 0 aromatic carbocycles. The Hall–Kier alpha value is 0.110. The van der Waals surface area contributed by atoms with Crippen molar-refractivity contribution in [3.05, 3.63) is 21.7 Å². The molecule has 0 unspecified atom stereocenters. The lowest BCUT2D eigenvalue weighted by Crippen LogP contribution is -1.67. The number of halogens is 2. The summed E-state index contributed by atoms with van der Waals surface area (Å²) in [6.07, 6.45) is 5.30. The van der Waals surface area contributed by atoms with Crippen LogP contribution in [0.2, 0.25) is 0 Å². The number of rotatable bonds is 2. The van der Waals surface area contributed by atoms with Crippen LogP contribution in [0.1, 0.15) is 6.92 Å². The van der Waals surface area contributed by atoms with E-state index < -0.39 is 0 Å². The minimum absolute atomic E-state index is 0.980. The van der Waals surface area contributed by atoms with Gasteiger partial charge in [-0.1, -0.05) is 22.0 Å². The van der Waals surface area contributed by atoms with E-state index in [9.17, 15) is 0 Å². The Morgan fingerprint density at radius 1 is 1.56 bits per heavy atom. The van der Waals surface area contributed by atoms with Gasteiger partial charge in [0, 0.05) is 16.9 Å². The maximum atomic E-state index is 3.89. The summed E-state index contributed by atoms with van der Waals surface area (Å²) in [5, 5.41) is 0. The van der Waals surface area contributed by atoms with Crippen LogP contribution in [0.4, 0.5) is 0 Å². The monoisotopic (exact) mass is 251 g/mol. The van der Waals surface area contributed by atoms with Crippen molar-refractivity contribution in [2.45, 2.75) is 6.92 Å². The van der Waals surface area contributed by atoms with E-state index in [4.69, 9.17) is 0 Å². The molecule has 0 saturated carbocycles. The Kier molecular flexibility index (Phi) is 6.31. The van der Waals surface area contributed by atoms with Gasteiger partial charge in [0.05, 0.1) is 0 Å². The fraction of sp³-hybridized carbons (Fsp3) is 0.167. The predicted octanol–water partition coefficient (Wildman–Crippen LogP) is 3.22. The molecule has 0 heterocycles. The standard InChI is InChI=1S/C6H7Br2N/c1-2-6(8)5-9-4-3-7/h2-5H,1H3/b4-3+,6-2+,9-5-. The van der Waals surface area contributed by atoms with Crippen LogP contribution in [-0.4, -0.2) is 6.21 Å². The molecular weight excluding hydrogens is 246 g/mol. The van der Waals surface area contributed by atoms with E-state index in [2.05, 4.69) is 36.9 Å². The van der Waals surface area contributed by atoms with Crippen molar-refractivity contribution in [3.63, 3.8) is 0 Å². The Labute approximate surface area is 71.8 Å². The Morgan fingerprint density at radius 3 is 2.67 bits per heavy atom. The minimum Gasteiger partial charge on any atom is -0.263 e. The molecule has 0 fully saturated rings. The molecule has 0 aliphatic carbocycles. The highest BCUT2D eigenvalue weighted by Gasteiger charge is 1.75. The van der Waals surface area contributed by atoms with Gasteiger partial charge in [0.25, 0.3) is 0 Å². The van der Waals surface area contributed by atoms with Gasteiger partial charge in [0.15, 0.2) is 0 Å². The summed E-state index contributed by atoms with van der Waals surface area (Å²) >= 11 is 6.36. The SMILES string of the molecule is C\C=C(Br)/C=N\C=C\Br. The topological polar surface area (TPSA) is 12.4 Å². The van der Waals surface area contributed by atoms with Crippen LogP contribution < -0.4 is 0 Å². The largest absolute Gasteiger partial charge is 0.263 e. The zero-order valence-electron chi connectivity index (χ0n) is 5.01. The van der Waals surface area contributed by atoms with Gasteiger partial charge < -0.3 is 0 Å². The molecule has 3 heteroatoms. The van der Waals surface area contributed by atoms with Gasteiger partial charge in [-0.05, 0) is 27.8 Å². The first-order chi connectivity index (χ1) is 4.31. The normalized spacial score (nSPS) is 13.9. The molecule has 0 bridgehead atoms. The van der Waals surface area contributed by atoms with E-state index in [0.717, 1.165) is 4.48 Å². The molecule has 0 rings (SSSR count). The van der Waals surface area contributed by atoms with E-state index in [0.29, 0.717) is 0 Å². The first-order valence-corrected chi connectivity index (χ1v) is 4.12. The highest BCUT2D eigenvalue weighted by Crippen LogP contribution is 1.99. The van der Waals surface area contributed by atoms with Gasteiger partial charge in [0.2, 0.25) is 0 Å². The summed E-state index contributed by atoms with van der Waals surface area (Å²) in [6, 6.07) is 0. The maximum absolute atomic E-state index is 3.89. The second-order valence-corrected chi connectivity index (χ2v) is 2.67. The molecule has 0 radical (unpaired) electrons. The van der Waals surface area contributed by atoms with Crippen LogP contribution in [0, 0.1) is 0 Å². The molecule has 1 nitrogen and oxygen atoms in total. The van der Waals surface area contributed by atoms with Crippen molar-refractivity contribution in [1.29, 1.82) is 0 Å². The highest BCUT2D eigenvalue weighted by atomic mass is 79.9. The summed E-state index contributed by atoms with van der Waals surface area (Å²) in [5.74, 6) is 0. The van der Waals surface area contributed by atoms with Crippen LogP contribution >= 0.6 is 31.9 Å². The lowest BCUT2D eigenvalue weighted by Gasteiger charge is -1.79. The number of nitrogens with zero attached hydrogens (tertiary/aromatic N) is 1. The Balaban J connectivity index is 3.71. The van der Waals surface area contributed by atoms with Gasteiger partial charge in [-0.3, -0.25) is 4.99 Å². The zero-order chi connectivity index (χ0) is 7.11. The van der Waals surface area contributed by atoms with Crippen LogP contribution in [0.3, 0.4) is 0 Å². The molecule has 0 aromatic heterocycles. The molecule has 0 aromatic rings. The first-order valence-electron chi connectivity index (χ1n) is 2.41. The van der Waals surface area contributed by atoms with Gasteiger partial charge in [-0.2, -0.15) is 0 Å². The zero-order valence-corrected chi connectivity index (χ0v) is 8.18. The smallest absolute Gasteiger partial charge is 0.0406 e. The van der Waals surface area contributed by atoms with Crippen molar-refractivity contribution in [1.82, 2.24) is 0 Å². The average Bonchev–Trinajstić information content (AvgIpc) is 1.89. The maximum Gasteiger partial charge on any atom is 0.0406 e. The van der Waals surface area contributed by atoms with Gasteiger partial charge in [0.1, 0.15) is 0 Å². The summed E-state index contributed by atoms with van der Waals surface area (Å²) in [7, 11) is 0. The van der Waals surface area contributed by atoms with Crippen LogP contribution in [0.25, 0.3) is 0 Å². The fourth-order valence-corrected chi connectivity index (χ4v) is 0.476. The summed E-state index contributed by atoms with van der Waals surface area (Å²) in [4.78, 5) is 5.59. The number of allylic oxidation sites excluding steroid dienone is 2. The molecule has 0 amide bonds. The highest BCUT2D eigenvalue weighted by molar-refractivity contribution is 9.12. The molecule has 0 saturated heterocycles. The average molecular weight is 253 g/mol. The molecule has 9 heavy (non-hydrogen) atoms. The van der Waals surface area contributed by atoms with Crippen molar-refractivity contribution < 1.29 is 0 Å². The summed E-state index contributed by atoms with van der Waals surface area (Å²) < 4.78 is 0.980. The van der Waals surface area contributed by atoms with Gasteiger partial charge in [-0.15, -0.1) is 0 Å². The van der Waals surface area contributed by atoms with Crippen molar-refractivity contribution in [2.75, 3.05) is 0 Å². The van der Waals surface area contributed by atoms with E-state index >= 15 is 0 Å². The quantitative estimate of drug-likeness (QED) is 0.670. The molecule has 0 N–H and O–H groups in total. The number of hydrogen-bond acceptors (Lipinski definition) is 1. The van der Waals surface area contributed by atoms with E-state index in [1.165, 1.54) is 0 Å². The van der Waals surface area contributed by atoms with E-state index in [-0.39, 0.29) is 0 Å². The van der Waals surface area contributed by atoms with Crippen LogP contribution in [-0.2, 0) is 0 Å². The lowest BCUT2D eigenvalue weighted by molar-refractivity contribution is 1.61. The Bertz CT molecular complexity index is 147. The van der Waals surface area contributed by atoms with E-state index in [1.807, 2.05) is 13.0 Å². The van der Waals surface area contributed by atoms with Crippen molar-refractivity contribution in [3.8, 4) is 0 Å². The molecular formula is C6H7Br2N. The number of hydrogen-bond donors (Lipinski definition) is 0. The molecule has 50 valence electrons. The van der Waals surface area contributed by atoms with E-state index in [1.54, 1.807) is 17.4 Å². The third kappa shape index (κ3) is 5.99. The number of aliphatic imine (C=N–C) groups is 1. The second kappa shape index (κ2) is 6.23. The molecule has 0 atom stereocenters. The first kappa shape index (κ1) is 9.11. The fourth-order valence-electron chi connectivity index (χ4n) is 0.221. The van der Waals surface area contributed by atoms with Crippen LogP contribution in [0.15, 0.2) is 26.7 Å². The summed E-state index contributed by atoms with van der Waals surface area (Å²) in [5.41, 5.74) is 0. The molecule has 0 spiro atoms. The molecule has 0 aliphatic heterocycles. The Morgan fingerprint density at radius 2 is 2.22 bits per heavy atom. The summed E-state index contributed by atoms with van der Waals surface area (Å²) in [6.45, 7) is 1.94. The third-order valence-corrected chi connectivity index (χ3v) is 1.52. The van der Waals surface area contributed by atoms with Crippen molar-refractivity contribution in [2.24, 2.45) is 4.99 Å².